The van der Waals surface area contributed by atoms with E-state index in [1.807, 2.05) is 6.92 Å². The molecule has 1 aromatic heterocycles. The summed E-state index contributed by atoms with van der Waals surface area (Å²) < 4.78 is 0. The Morgan fingerprint density at radius 3 is 3.05 bits per heavy atom. The number of hydrogen-bond donors (Lipinski definition) is 2. The first-order chi connectivity index (χ1) is 10.6. The second-order valence-corrected chi connectivity index (χ2v) is 7.32. The van der Waals surface area contributed by atoms with E-state index in [4.69, 9.17) is 0 Å². The molecule has 2 aliphatic heterocycles. The smallest absolute Gasteiger partial charge is 0.252 e. The van der Waals surface area contributed by atoms with Crippen LogP contribution in [-0.2, 0) is 4.79 Å². The summed E-state index contributed by atoms with van der Waals surface area (Å²) in [6.45, 7) is 3.38. The van der Waals surface area contributed by atoms with E-state index in [9.17, 15) is 9.59 Å². The highest BCUT2D eigenvalue weighted by Crippen LogP contribution is 2.26. The van der Waals surface area contributed by atoms with Crippen LogP contribution in [0, 0.1) is 6.92 Å². The SMILES string of the molecule is Cc1cc(=O)[nH]c(N2CCCC(NC(=O)C3CCCS3)C2)n1. The fraction of sp³-hybridized carbons (Fsp3) is 0.667. The summed E-state index contributed by atoms with van der Waals surface area (Å²) in [6, 6.07) is 1.62. The normalized spacial score (nSPS) is 25.2. The third-order valence-corrected chi connectivity index (χ3v) is 5.52. The number of carbonyl (C=O) groups excluding carboxylic acids is 1. The lowest BCUT2D eigenvalue weighted by atomic mass is 10.1. The van der Waals surface area contributed by atoms with Gasteiger partial charge in [0.15, 0.2) is 0 Å². The molecule has 1 aromatic rings. The number of carbonyl (C=O) groups is 1. The minimum Gasteiger partial charge on any atom is -0.351 e. The number of rotatable bonds is 3. The van der Waals surface area contributed by atoms with Crippen LogP contribution in [0.3, 0.4) is 0 Å². The summed E-state index contributed by atoms with van der Waals surface area (Å²) in [4.78, 5) is 33.1. The van der Waals surface area contributed by atoms with Gasteiger partial charge in [0.1, 0.15) is 0 Å². The average molecular weight is 322 g/mol. The molecule has 3 heterocycles. The number of aromatic nitrogens is 2. The van der Waals surface area contributed by atoms with E-state index >= 15 is 0 Å². The van der Waals surface area contributed by atoms with E-state index in [0.717, 1.165) is 38.0 Å². The van der Waals surface area contributed by atoms with Gasteiger partial charge in [-0.3, -0.25) is 14.6 Å². The van der Waals surface area contributed by atoms with Crippen molar-refractivity contribution in [2.75, 3.05) is 23.7 Å². The number of amides is 1. The van der Waals surface area contributed by atoms with E-state index < -0.39 is 0 Å². The van der Waals surface area contributed by atoms with Crippen molar-refractivity contribution in [1.82, 2.24) is 15.3 Å². The summed E-state index contributed by atoms with van der Waals surface area (Å²) >= 11 is 1.75. The summed E-state index contributed by atoms with van der Waals surface area (Å²) in [5.41, 5.74) is 0.586. The number of hydrogen-bond acceptors (Lipinski definition) is 5. The maximum absolute atomic E-state index is 12.2. The Labute approximate surface area is 134 Å². The largest absolute Gasteiger partial charge is 0.351 e. The number of thioether (sulfide) groups is 1. The summed E-state index contributed by atoms with van der Waals surface area (Å²) in [6.07, 6.45) is 4.09. The van der Waals surface area contributed by atoms with Crippen LogP contribution < -0.4 is 15.8 Å². The van der Waals surface area contributed by atoms with E-state index in [2.05, 4.69) is 20.2 Å². The van der Waals surface area contributed by atoms with Gasteiger partial charge in [0.25, 0.3) is 5.56 Å². The first-order valence-corrected chi connectivity index (χ1v) is 8.91. The highest BCUT2D eigenvalue weighted by molar-refractivity contribution is 8.00. The fourth-order valence-electron chi connectivity index (χ4n) is 3.08. The van der Waals surface area contributed by atoms with Gasteiger partial charge in [-0.15, -0.1) is 11.8 Å². The lowest BCUT2D eigenvalue weighted by Crippen LogP contribution is -2.50. The van der Waals surface area contributed by atoms with Crippen molar-refractivity contribution in [2.45, 2.75) is 43.9 Å². The molecule has 2 aliphatic rings. The zero-order valence-corrected chi connectivity index (χ0v) is 13.6. The van der Waals surface area contributed by atoms with Crippen molar-refractivity contribution >= 4 is 23.6 Å². The van der Waals surface area contributed by atoms with Crippen LogP contribution in [0.4, 0.5) is 5.95 Å². The Bertz CT molecular complexity index is 597. The van der Waals surface area contributed by atoms with Crippen molar-refractivity contribution in [3.05, 3.63) is 22.1 Å². The van der Waals surface area contributed by atoms with E-state index in [-0.39, 0.29) is 22.8 Å². The molecular weight excluding hydrogens is 300 g/mol. The van der Waals surface area contributed by atoms with Crippen LogP contribution in [-0.4, -0.2) is 46.0 Å². The van der Waals surface area contributed by atoms with Crippen LogP contribution in [0.15, 0.2) is 10.9 Å². The van der Waals surface area contributed by atoms with E-state index in [0.29, 0.717) is 18.2 Å². The quantitative estimate of drug-likeness (QED) is 0.870. The minimum atomic E-state index is -0.129. The molecule has 2 atom stereocenters. The summed E-state index contributed by atoms with van der Waals surface area (Å²) in [5.74, 6) is 1.86. The molecule has 2 N–H and O–H groups in total. The van der Waals surface area contributed by atoms with Gasteiger partial charge in [-0.25, -0.2) is 4.98 Å². The average Bonchev–Trinajstić information content (AvgIpc) is 3.01. The molecule has 0 aromatic carbocycles. The van der Waals surface area contributed by atoms with Gasteiger partial charge < -0.3 is 10.2 Å². The molecule has 7 heteroatoms. The highest BCUT2D eigenvalue weighted by atomic mass is 32.2. The van der Waals surface area contributed by atoms with Crippen LogP contribution in [0.25, 0.3) is 0 Å². The van der Waals surface area contributed by atoms with E-state index in [1.165, 1.54) is 6.07 Å². The van der Waals surface area contributed by atoms with Crippen LogP contribution in [0.5, 0.6) is 0 Å². The topological polar surface area (TPSA) is 78.1 Å². The molecule has 1 amide bonds. The molecule has 2 unspecified atom stereocenters. The minimum absolute atomic E-state index is 0.118. The Hall–Kier alpha value is -1.50. The molecule has 0 saturated carbocycles. The van der Waals surface area contributed by atoms with Crippen molar-refractivity contribution in [1.29, 1.82) is 0 Å². The van der Waals surface area contributed by atoms with Crippen molar-refractivity contribution < 1.29 is 4.79 Å². The first kappa shape index (κ1) is 15.4. The molecule has 2 saturated heterocycles. The number of anilines is 1. The number of aromatic amines is 1. The number of nitrogens with zero attached hydrogens (tertiary/aromatic N) is 2. The Balaban J connectivity index is 1.63. The molecule has 0 spiro atoms. The second kappa shape index (κ2) is 6.73. The lowest BCUT2D eigenvalue weighted by Gasteiger charge is -2.34. The fourth-order valence-corrected chi connectivity index (χ4v) is 4.25. The molecule has 0 bridgehead atoms. The van der Waals surface area contributed by atoms with Crippen LogP contribution in [0.1, 0.15) is 31.4 Å². The molecule has 22 heavy (non-hydrogen) atoms. The second-order valence-electron chi connectivity index (χ2n) is 6.01. The molecule has 3 rings (SSSR count). The van der Waals surface area contributed by atoms with Crippen molar-refractivity contribution in [2.24, 2.45) is 0 Å². The zero-order chi connectivity index (χ0) is 15.5. The van der Waals surface area contributed by atoms with E-state index in [1.54, 1.807) is 11.8 Å². The highest BCUT2D eigenvalue weighted by Gasteiger charge is 2.28. The van der Waals surface area contributed by atoms with Gasteiger partial charge >= 0.3 is 0 Å². The first-order valence-electron chi connectivity index (χ1n) is 7.87. The van der Waals surface area contributed by atoms with Crippen molar-refractivity contribution in [3.8, 4) is 0 Å². The predicted octanol–water partition coefficient (Wildman–Crippen LogP) is 1.06. The molecular formula is C15H22N4O2S. The Morgan fingerprint density at radius 2 is 2.32 bits per heavy atom. The third kappa shape index (κ3) is 3.63. The lowest BCUT2D eigenvalue weighted by molar-refractivity contribution is -0.121. The molecule has 0 radical (unpaired) electrons. The molecule has 6 nitrogen and oxygen atoms in total. The maximum atomic E-state index is 12.2. The van der Waals surface area contributed by atoms with Gasteiger partial charge in [-0.1, -0.05) is 0 Å². The monoisotopic (exact) mass is 322 g/mol. The van der Waals surface area contributed by atoms with Crippen molar-refractivity contribution in [3.63, 3.8) is 0 Å². The predicted molar refractivity (Wildman–Crippen MR) is 88.5 cm³/mol. The third-order valence-electron chi connectivity index (χ3n) is 4.15. The van der Waals surface area contributed by atoms with Gasteiger partial charge in [0, 0.05) is 30.9 Å². The van der Waals surface area contributed by atoms with Gasteiger partial charge in [0.05, 0.1) is 5.25 Å². The number of aryl methyl sites for hydroxylation is 1. The van der Waals surface area contributed by atoms with Gasteiger partial charge in [-0.2, -0.15) is 0 Å². The number of piperidine rings is 1. The summed E-state index contributed by atoms with van der Waals surface area (Å²) in [7, 11) is 0. The Morgan fingerprint density at radius 1 is 1.45 bits per heavy atom. The molecule has 120 valence electrons. The van der Waals surface area contributed by atoms with Gasteiger partial charge in [0.2, 0.25) is 11.9 Å². The number of H-pyrrole nitrogens is 1. The van der Waals surface area contributed by atoms with Gasteiger partial charge in [-0.05, 0) is 38.4 Å². The van der Waals surface area contributed by atoms with Crippen LogP contribution in [0.2, 0.25) is 0 Å². The number of nitrogens with one attached hydrogen (secondary N) is 2. The van der Waals surface area contributed by atoms with Crippen LogP contribution >= 0.6 is 11.8 Å². The zero-order valence-electron chi connectivity index (χ0n) is 12.8. The molecule has 2 fully saturated rings. The molecule has 0 aliphatic carbocycles. The standard InChI is InChI=1S/C15H22N4O2S/c1-10-8-13(20)18-15(16-10)19-6-2-4-11(9-19)17-14(21)12-5-3-7-22-12/h8,11-12H,2-7,9H2,1H3,(H,17,21)(H,16,18,20). The Kier molecular flexibility index (Phi) is 4.71. The summed E-state index contributed by atoms with van der Waals surface area (Å²) in [5, 5.41) is 3.29. The maximum Gasteiger partial charge on any atom is 0.252 e.